The number of thioether (sulfide) groups is 1. The van der Waals surface area contributed by atoms with Crippen molar-refractivity contribution >= 4 is 22.8 Å². The molecule has 2 aromatic rings. The van der Waals surface area contributed by atoms with E-state index in [0.717, 1.165) is 12.8 Å². The van der Waals surface area contributed by atoms with Gasteiger partial charge in [0.2, 0.25) is 0 Å². The summed E-state index contributed by atoms with van der Waals surface area (Å²) in [5.41, 5.74) is 0.347. The van der Waals surface area contributed by atoms with E-state index in [4.69, 9.17) is 0 Å². The van der Waals surface area contributed by atoms with Gasteiger partial charge < -0.3 is 5.11 Å². The summed E-state index contributed by atoms with van der Waals surface area (Å²) < 4.78 is 1.66. The number of pyridine rings is 1. The lowest BCUT2D eigenvalue weighted by molar-refractivity contribution is 0.478. The molecule has 1 N–H and O–H groups in total. The molecule has 1 saturated carbocycles. The molecule has 1 aliphatic carbocycles. The molecule has 17 heavy (non-hydrogen) atoms. The Morgan fingerprint density at radius 3 is 2.94 bits per heavy atom. The maximum Gasteiger partial charge on any atom is 0.256 e. The van der Waals surface area contributed by atoms with E-state index in [1.165, 1.54) is 17.8 Å². The first-order valence-corrected chi connectivity index (χ1v) is 6.58. The number of aromatic nitrogens is 3. The summed E-state index contributed by atoms with van der Waals surface area (Å²) in [6.07, 6.45) is 5.45. The summed E-state index contributed by atoms with van der Waals surface area (Å²) in [6.45, 7) is 0. The first kappa shape index (κ1) is 10.6. The number of nitrogens with zero attached hydrogens (tertiary/aromatic N) is 3. The number of hydrogen-bond acceptors (Lipinski definition) is 5. The lowest BCUT2D eigenvalue weighted by atomic mass is 10.3. The van der Waals surface area contributed by atoms with Crippen molar-refractivity contribution in [1.29, 1.82) is 0 Å². The normalized spacial score (nSPS) is 15.4. The van der Waals surface area contributed by atoms with Gasteiger partial charge in [-0.1, -0.05) is 11.8 Å². The molecule has 0 amide bonds. The van der Waals surface area contributed by atoms with Gasteiger partial charge in [0.15, 0.2) is 10.8 Å². The molecule has 0 bridgehead atoms. The molecule has 0 atom stereocenters. The third kappa shape index (κ3) is 1.68. The maximum absolute atomic E-state index is 11.9. The van der Waals surface area contributed by atoms with Crippen LogP contribution in [-0.2, 0) is 0 Å². The molecule has 0 aromatic carbocycles. The van der Waals surface area contributed by atoms with E-state index in [0.29, 0.717) is 16.2 Å². The van der Waals surface area contributed by atoms with Gasteiger partial charge in [-0.05, 0) is 19.1 Å². The van der Waals surface area contributed by atoms with Crippen LogP contribution in [0.1, 0.15) is 18.9 Å². The van der Waals surface area contributed by atoms with Gasteiger partial charge in [0.25, 0.3) is 5.56 Å². The van der Waals surface area contributed by atoms with Gasteiger partial charge in [-0.15, -0.1) is 0 Å². The van der Waals surface area contributed by atoms with E-state index in [1.807, 2.05) is 6.26 Å². The van der Waals surface area contributed by atoms with Crippen LogP contribution in [0.2, 0.25) is 0 Å². The van der Waals surface area contributed by atoms with Crippen molar-refractivity contribution in [2.24, 2.45) is 0 Å². The third-order valence-corrected chi connectivity index (χ3v) is 3.40. The molecule has 5 nitrogen and oxygen atoms in total. The first-order chi connectivity index (χ1) is 8.20. The monoisotopic (exact) mass is 249 g/mol. The van der Waals surface area contributed by atoms with E-state index in [1.54, 1.807) is 10.8 Å². The highest BCUT2D eigenvalue weighted by Gasteiger charge is 2.27. The van der Waals surface area contributed by atoms with Gasteiger partial charge in [-0.25, -0.2) is 9.97 Å². The molecule has 0 radical (unpaired) electrons. The first-order valence-electron chi connectivity index (χ1n) is 5.36. The molecule has 1 aliphatic rings. The lowest BCUT2D eigenvalue weighted by Crippen LogP contribution is -2.19. The summed E-state index contributed by atoms with van der Waals surface area (Å²) >= 11 is 1.42. The van der Waals surface area contributed by atoms with Crippen LogP contribution in [0.15, 0.2) is 22.2 Å². The zero-order valence-corrected chi connectivity index (χ0v) is 10.1. The summed E-state index contributed by atoms with van der Waals surface area (Å²) in [5, 5.41) is 10.9. The second-order valence-corrected chi connectivity index (χ2v) is 4.84. The van der Waals surface area contributed by atoms with E-state index >= 15 is 0 Å². The van der Waals surface area contributed by atoms with Crippen LogP contribution in [0.3, 0.4) is 0 Å². The van der Waals surface area contributed by atoms with Crippen LogP contribution >= 0.6 is 11.8 Å². The van der Waals surface area contributed by atoms with Gasteiger partial charge >= 0.3 is 0 Å². The summed E-state index contributed by atoms with van der Waals surface area (Å²) in [5.74, 6) is -0.0467. The Kier molecular flexibility index (Phi) is 2.32. The second-order valence-electron chi connectivity index (χ2n) is 4.06. The SMILES string of the molecule is CSc1ncc2c(O)cc(=O)n(C3CC3)c2n1. The summed E-state index contributed by atoms with van der Waals surface area (Å²) in [4.78, 5) is 20.3. The molecule has 0 saturated heterocycles. The smallest absolute Gasteiger partial charge is 0.256 e. The van der Waals surface area contributed by atoms with Crippen molar-refractivity contribution in [3.63, 3.8) is 0 Å². The third-order valence-electron chi connectivity index (χ3n) is 2.84. The largest absolute Gasteiger partial charge is 0.507 e. The lowest BCUT2D eigenvalue weighted by Gasteiger charge is -2.09. The van der Waals surface area contributed by atoms with Crippen LogP contribution in [-0.4, -0.2) is 25.9 Å². The van der Waals surface area contributed by atoms with Gasteiger partial charge in [0.1, 0.15) is 5.75 Å². The predicted octanol–water partition coefficient (Wildman–Crippen LogP) is 1.55. The summed E-state index contributed by atoms with van der Waals surface area (Å²) in [7, 11) is 0. The Bertz CT molecular complexity index is 649. The fraction of sp³-hybridized carbons (Fsp3) is 0.364. The quantitative estimate of drug-likeness (QED) is 0.646. The number of aromatic hydroxyl groups is 1. The van der Waals surface area contributed by atoms with E-state index in [2.05, 4.69) is 9.97 Å². The van der Waals surface area contributed by atoms with Crippen LogP contribution < -0.4 is 5.56 Å². The van der Waals surface area contributed by atoms with E-state index in [9.17, 15) is 9.90 Å². The minimum Gasteiger partial charge on any atom is -0.507 e. The van der Waals surface area contributed by atoms with E-state index in [-0.39, 0.29) is 17.4 Å². The zero-order chi connectivity index (χ0) is 12.0. The van der Waals surface area contributed by atoms with Gasteiger partial charge in [-0.2, -0.15) is 0 Å². The summed E-state index contributed by atoms with van der Waals surface area (Å²) in [6, 6.07) is 1.47. The molecule has 0 spiro atoms. The van der Waals surface area contributed by atoms with Crippen molar-refractivity contribution in [2.75, 3.05) is 6.26 Å². The molecule has 88 valence electrons. The molecule has 2 heterocycles. The van der Waals surface area contributed by atoms with Crippen molar-refractivity contribution in [2.45, 2.75) is 24.0 Å². The van der Waals surface area contributed by atoms with E-state index < -0.39 is 0 Å². The molecule has 0 unspecified atom stereocenters. The maximum atomic E-state index is 11.9. The molecule has 2 aromatic heterocycles. The van der Waals surface area contributed by atoms with Crippen LogP contribution in [0, 0.1) is 0 Å². The number of rotatable bonds is 2. The Morgan fingerprint density at radius 1 is 1.53 bits per heavy atom. The molecular formula is C11H11N3O2S. The molecule has 1 fully saturated rings. The fourth-order valence-corrected chi connectivity index (χ4v) is 2.21. The average molecular weight is 249 g/mol. The van der Waals surface area contributed by atoms with Gasteiger partial charge in [-0.3, -0.25) is 9.36 Å². The van der Waals surface area contributed by atoms with Gasteiger partial charge in [0, 0.05) is 18.3 Å². The highest BCUT2D eigenvalue weighted by atomic mass is 32.2. The standard InChI is InChI=1S/C11H11N3O2S/c1-17-11-12-5-7-8(15)4-9(16)14(6-2-3-6)10(7)13-11/h4-6,15H,2-3H2,1H3. The van der Waals surface area contributed by atoms with Crippen molar-refractivity contribution in [3.8, 4) is 5.75 Å². The van der Waals surface area contributed by atoms with Crippen LogP contribution in [0.5, 0.6) is 5.75 Å². The highest BCUT2D eigenvalue weighted by Crippen LogP contribution is 2.36. The van der Waals surface area contributed by atoms with Crippen LogP contribution in [0.25, 0.3) is 11.0 Å². The van der Waals surface area contributed by atoms with Crippen molar-refractivity contribution in [3.05, 3.63) is 22.6 Å². The zero-order valence-electron chi connectivity index (χ0n) is 9.25. The molecule has 0 aliphatic heterocycles. The minimum absolute atomic E-state index is 0.0467. The van der Waals surface area contributed by atoms with Crippen molar-refractivity contribution in [1.82, 2.24) is 14.5 Å². The second kappa shape index (κ2) is 3.73. The predicted molar refractivity (Wildman–Crippen MR) is 65.5 cm³/mol. The number of fused-ring (bicyclic) bond motifs is 1. The van der Waals surface area contributed by atoms with Crippen LogP contribution in [0.4, 0.5) is 0 Å². The molecular weight excluding hydrogens is 238 g/mol. The average Bonchev–Trinajstić information content (AvgIpc) is 3.12. The Morgan fingerprint density at radius 2 is 2.29 bits per heavy atom. The van der Waals surface area contributed by atoms with Crippen molar-refractivity contribution < 1.29 is 5.11 Å². The highest BCUT2D eigenvalue weighted by molar-refractivity contribution is 7.98. The number of hydrogen-bond donors (Lipinski definition) is 1. The fourth-order valence-electron chi connectivity index (χ4n) is 1.87. The minimum atomic E-state index is -0.191. The molecule has 3 rings (SSSR count). The topological polar surface area (TPSA) is 68.0 Å². The Hall–Kier alpha value is -1.56. The van der Waals surface area contributed by atoms with Gasteiger partial charge in [0.05, 0.1) is 5.39 Å². The Balaban J connectivity index is 2.39. The molecule has 6 heteroatoms. The Labute approximate surface area is 102 Å².